The minimum Gasteiger partial charge on any atom is -0.477 e. The van der Waals surface area contributed by atoms with Gasteiger partial charge < -0.3 is 5.11 Å². The molecule has 2 N–H and O–H groups in total. The van der Waals surface area contributed by atoms with Gasteiger partial charge in [0.15, 0.2) is 0 Å². The summed E-state index contributed by atoms with van der Waals surface area (Å²) in [7, 11) is 1.77. The second-order valence-electron chi connectivity index (χ2n) is 3.36. The number of carboxylic acid groups (broad SMARTS) is 1. The summed E-state index contributed by atoms with van der Waals surface area (Å²) in [6.45, 7) is 1.87. The van der Waals surface area contributed by atoms with Gasteiger partial charge in [-0.3, -0.25) is 9.78 Å². The fraction of sp³-hybridized carbons (Fsp3) is 0.222. The number of hydrogen-bond donors (Lipinski definition) is 2. The Morgan fingerprint density at radius 1 is 1.62 bits per heavy atom. The van der Waals surface area contributed by atoms with Crippen LogP contribution in [0, 0.1) is 6.92 Å². The molecule has 0 atom stereocenters. The smallest absolute Gasteiger partial charge is 0.341 e. The van der Waals surface area contributed by atoms with Crippen LogP contribution in [0.3, 0.4) is 0 Å². The van der Waals surface area contributed by atoms with Gasteiger partial charge >= 0.3 is 5.97 Å². The monoisotopic (exact) mass is 240 g/mol. The first-order valence-corrected chi connectivity index (χ1v) is 4.86. The lowest BCUT2D eigenvalue weighted by Gasteiger charge is -1.93. The number of rotatable bonds is 2. The van der Waals surface area contributed by atoms with Gasteiger partial charge in [-0.05, 0) is 13.0 Å². The van der Waals surface area contributed by atoms with Gasteiger partial charge in [0.2, 0.25) is 0 Å². The van der Waals surface area contributed by atoms with Crippen molar-refractivity contribution in [3.05, 3.63) is 22.5 Å². The number of aromatic amines is 1. The number of halogens is 1. The molecule has 84 valence electrons. The van der Waals surface area contributed by atoms with Crippen LogP contribution in [0.1, 0.15) is 16.1 Å². The Bertz CT molecular complexity index is 538. The molecule has 0 saturated heterocycles. The Morgan fingerprint density at radius 2 is 2.31 bits per heavy atom. The van der Waals surface area contributed by atoms with Crippen LogP contribution < -0.4 is 0 Å². The van der Waals surface area contributed by atoms with Crippen LogP contribution in [-0.2, 0) is 7.05 Å². The largest absolute Gasteiger partial charge is 0.477 e. The van der Waals surface area contributed by atoms with Crippen molar-refractivity contribution in [1.29, 1.82) is 0 Å². The van der Waals surface area contributed by atoms with E-state index < -0.39 is 5.97 Å². The van der Waals surface area contributed by atoms with Gasteiger partial charge in [-0.2, -0.15) is 10.2 Å². The van der Waals surface area contributed by atoms with Crippen LogP contribution in [-0.4, -0.2) is 31.1 Å². The quantitative estimate of drug-likeness (QED) is 0.833. The second-order valence-corrected chi connectivity index (χ2v) is 3.74. The van der Waals surface area contributed by atoms with E-state index in [9.17, 15) is 4.79 Å². The highest BCUT2D eigenvalue weighted by atomic mass is 35.5. The number of H-pyrrole nitrogens is 1. The Hall–Kier alpha value is -1.82. The standard InChI is InChI=1S/C9H9ClN4O2/c1-4-3-5(13-14(4)2)7-6(9(15)16)8(10)12-11-7/h3H,1-2H3,(H,11,12)(H,15,16). The van der Waals surface area contributed by atoms with Crippen LogP contribution in [0.25, 0.3) is 11.4 Å². The van der Waals surface area contributed by atoms with Gasteiger partial charge in [-0.1, -0.05) is 11.6 Å². The van der Waals surface area contributed by atoms with Crippen LogP contribution in [0.5, 0.6) is 0 Å². The van der Waals surface area contributed by atoms with Gasteiger partial charge in [-0.25, -0.2) is 4.79 Å². The number of nitrogens with zero attached hydrogens (tertiary/aromatic N) is 3. The van der Waals surface area contributed by atoms with E-state index in [1.54, 1.807) is 17.8 Å². The summed E-state index contributed by atoms with van der Waals surface area (Å²) in [5.41, 5.74) is 1.59. The fourth-order valence-electron chi connectivity index (χ4n) is 1.38. The first-order chi connectivity index (χ1) is 7.50. The molecule has 0 saturated carbocycles. The van der Waals surface area contributed by atoms with E-state index in [1.807, 2.05) is 6.92 Å². The molecule has 0 aliphatic rings. The average Bonchev–Trinajstić information content (AvgIpc) is 2.71. The van der Waals surface area contributed by atoms with E-state index in [0.717, 1.165) is 5.69 Å². The van der Waals surface area contributed by atoms with Crippen molar-refractivity contribution >= 4 is 17.6 Å². The number of aryl methyl sites for hydroxylation is 2. The van der Waals surface area contributed by atoms with Crippen LogP contribution in [0.4, 0.5) is 0 Å². The Labute approximate surface area is 95.8 Å². The molecule has 0 radical (unpaired) electrons. The number of hydrogen-bond acceptors (Lipinski definition) is 3. The van der Waals surface area contributed by atoms with Crippen LogP contribution in [0.15, 0.2) is 6.07 Å². The van der Waals surface area contributed by atoms with E-state index in [2.05, 4.69) is 15.3 Å². The number of nitrogens with one attached hydrogen (secondary N) is 1. The van der Waals surface area contributed by atoms with Crippen molar-refractivity contribution in [2.45, 2.75) is 6.92 Å². The average molecular weight is 241 g/mol. The minimum absolute atomic E-state index is 0.00538. The highest BCUT2D eigenvalue weighted by molar-refractivity contribution is 6.33. The minimum atomic E-state index is -1.13. The maximum absolute atomic E-state index is 11.0. The molecule has 2 aromatic rings. The molecule has 0 amide bonds. The molecule has 0 aromatic carbocycles. The molecule has 0 fully saturated rings. The zero-order valence-electron chi connectivity index (χ0n) is 8.65. The number of aromatic carboxylic acids is 1. The summed E-state index contributed by atoms with van der Waals surface area (Å²) >= 11 is 5.70. The topological polar surface area (TPSA) is 83.8 Å². The summed E-state index contributed by atoms with van der Waals surface area (Å²) in [5, 5.41) is 19.4. The summed E-state index contributed by atoms with van der Waals surface area (Å²) in [6.07, 6.45) is 0. The molecule has 0 bridgehead atoms. The predicted octanol–water partition coefficient (Wildman–Crippen LogP) is 1.47. The predicted molar refractivity (Wildman–Crippen MR) is 57.5 cm³/mol. The molecule has 2 rings (SSSR count). The molecule has 0 spiro atoms. The summed E-state index contributed by atoms with van der Waals surface area (Å²) in [6, 6.07) is 1.75. The van der Waals surface area contributed by atoms with Gasteiger partial charge in [0.25, 0.3) is 0 Å². The summed E-state index contributed by atoms with van der Waals surface area (Å²) < 4.78 is 1.64. The van der Waals surface area contributed by atoms with Crippen molar-refractivity contribution in [3.8, 4) is 11.4 Å². The Morgan fingerprint density at radius 3 is 2.81 bits per heavy atom. The molecule has 2 aromatic heterocycles. The van der Waals surface area contributed by atoms with E-state index in [0.29, 0.717) is 5.69 Å². The third kappa shape index (κ3) is 1.57. The van der Waals surface area contributed by atoms with Crippen LogP contribution >= 0.6 is 11.6 Å². The third-order valence-corrected chi connectivity index (χ3v) is 2.57. The molecule has 6 nitrogen and oxygen atoms in total. The molecular weight excluding hydrogens is 232 g/mol. The lowest BCUT2D eigenvalue weighted by atomic mass is 10.2. The Kier molecular flexibility index (Phi) is 2.43. The van der Waals surface area contributed by atoms with Crippen molar-refractivity contribution in [3.63, 3.8) is 0 Å². The molecule has 0 aliphatic carbocycles. The maximum atomic E-state index is 11.0. The van der Waals surface area contributed by atoms with Crippen molar-refractivity contribution < 1.29 is 9.90 Å². The lowest BCUT2D eigenvalue weighted by Crippen LogP contribution is -1.99. The SMILES string of the molecule is Cc1cc(-c2n[nH]c(Cl)c2C(=O)O)nn1C. The first kappa shape index (κ1) is 10.7. The second kappa shape index (κ2) is 3.64. The molecule has 0 aliphatic heterocycles. The zero-order valence-corrected chi connectivity index (χ0v) is 9.41. The highest BCUT2D eigenvalue weighted by Gasteiger charge is 2.21. The maximum Gasteiger partial charge on any atom is 0.341 e. The molecule has 0 unspecified atom stereocenters. The van der Waals surface area contributed by atoms with Gasteiger partial charge in [0.1, 0.15) is 22.1 Å². The van der Waals surface area contributed by atoms with E-state index in [-0.39, 0.29) is 16.4 Å². The van der Waals surface area contributed by atoms with Gasteiger partial charge in [0, 0.05) is 12.7 Å². The molecule has 7 heteroatoms. The Balaban J connectivity index is 2.60. The number of carbonyl (C=O) groups is 1. The van der Waals surface area contributed by atoms with Gasteiger partial charge in [0.05, 0.1) is 0 Å². The number of aromatic nitrogens is 4. The van der Waals surface area contributed by atoms with E-state index >= 15 is 0 Å². The van der Waals surface area contributed by atoms with Crippen molar-refractivity contribution in [2.24, 2.45) is 7.05 Å². The zero-order chi connectivity index (χ0) is 11.9. The van der Waals surface area contributed by atoms with E-state index in [4.69, 9.17) is 16.7 Å². The number of carboxylic acids is 1. The molecule has 2 heterocycles. The van der Waals surface area contributed by atoms with Crippen molar-refractivity contribution in [2.75, 3.05) is 0 Å². The lowest BCUT2D eigenvalue weighted by molar-refractivity contribution is 0.0698. The third-order valence-electron chi connectivity index (χ3n) is 2.29. The van der Waals surface area contributed by atoms with E-state index in [1.165, 1.54) is 0 Å². The summed E-state index contributed by atoms with van der Waals surface area (Å²) in [5.74, 6) is -1.13. The van der Waals surface area contributed by atoms with Gasteiger partial charge in [-0.15, -0.1) is 0 Å². The molecule has 16 heavy (non-hydrogen) atoms. The highest BCUT2D eigenvalue weighted by Crippen LogP contribution is 2.25. The van der Waals surface area contributed by atoms with Crippen molar-refractivity contribution in [1.82, 2.24) is 20.0 Å². The van der Waals surface area contributed by atoms with Crippen LogP contribution in [0.2, 0.25) is 5.15 Å². The fourth-order valence-corrected chi connectivity index (χ4v) is 1.59. The summed E-state index contributed by atoms with van der Waals surface area (Å²) in [4.78, 5) is 11.0. The first-order valence-electron chi connectivity index (χ1n) is 4.49. The molecular formula is C9H9ClN4O2. The normalized spacial score (nSPS) is 10.7.